The molecule has 0 aromatic carbocycles. The van der Waals surface area contributed by atoms with Crippen molar-refractivity contribution >= 4 is 29.4 Å². The van der Waals surface area contributed by atoms with Crippen molar-refractivity contribution < 1.29 is 14.4 Å². The van der Waals surface area contributed by atoms with Gasteiger partial charge in [0, 0.05) is 37.2 Å². The highest BCUT2D eigenvalue weighted by atomic mass is 32.1. The van der Waals surface area contributed by atoms with Crippen LogP contribution in [0.5, 0.6) is 0 Å². The van der Waals surface area contributed by atoms with E-state index in [1.165, 1.54) is 11.3 Å². The van der Waals surface area contributed by atoms with Gasteiger partial charge in [-0.2, -0.15) is 0 Å². The molecule has 0 radical (unpaired) electrons. The van der Waals surface area contributed by atoms with Crippen LogP contribution in [0.15, 0.2) is 29.8 Å². The van der Waals surface area contributed by atoms with Gasteiger partial charge in [-0.1, -0.05) is 6.07 Å². The van der Waals surface area contributed by atoms with Crippen LogP contribution in [0.4, 0.5) is 0 Å². The molecule has 3 heterocycles. The second-order valence-electron chi connectivity index (χ2n) is 5.52. The Morgan fingerprint density at radius 3 is 3.00 bits per heavy atom. The van der Waals surface area contributed by atoms with Crippen LogP contribution in [-0.2, 0) is 16.1 Å². The van der Waals surface area contributed by atoms with Gasteiger partial charge in [-0.3, -0.25) is 14.6 Å². The average Bonchev–Trinajstić information content (AvgIpc) is 3.17. The van der Waals surface area contributed by atoms with E-state index in [1.807, 2.05) is 23.6 Å². The molecule has 6 nitrogen and oxygen atoms in total. The van der Waals surface area contributed by atoms with E-state index in [0.29, 0.717) is 18.5 Å². The summed E-state index contributed by atoms with van der Waals surface area (Å²) in [5, 5.41) is 4.35. The van der Waals surface area contributed by atoms with Gasteiger partial charge >= 0.3 is 0 Å². The Balaban J connectivity index is 1.81. The molecule has 2 amide bonds. The fraction of sp³-hybridized carbons (Fsp3) is 0.294. The Hall–Kier alpha value is -2.54. The zero-order valence-corrected chi connectivity index (χ0v) is 14.0. The number of aldehydes is 1. The van der Waals surface area contributed by atoms with Crippen LogP contribution < -0.4 is 5.32 Å². The maximum absolute atomic E-state index is 12.6. The third kappa shape index (κ3) is 2.94. The highest BCUT2D eigenvalue weighted by Crippen LogP contribution is 2.38. The lowest BCUT2D eigenvalue weighted by Crippen LogP contribution is -2.37. The average molecular weight is 343 g/mol. The van der Waals surface area contributed by atoms with Crippen LogP contribution in [-0.4, -0.2) is 41.1 Å². The Bertz CT molecular complexity index is 773. The monoisotopic (exact) mass is 343 g/mol. The first-order valence-corrected chi connectivity index (χ1v) is 8.52. The van der Waals surface area contributed by atoms with Crippen LogP contribution in [0.25, 0.3) is 10.6 Å². The van der Waals surface area contributed by atoms with E-state index in [-0.39, 0.29) is 18.2 Å². The summed E-state index contributed by atoms with van der Waals surface area (Å²) >= 11 is 1.49. The second kappa shape index (κ2) is 6.92. The second-order valence-corrected chi connectivity index (χ2v) is 6.40. The molecule has 0 aliphatic carbocycles. The molecule has 124 valence electrons. The smallest absolute Gasteiger partial charge is 0.255 e. The van der Waals surface area contributed by atoms with E-state index in [9.17, 15) is 14.4 Å². The Morgan fingerprint density at radius 2 is 2.33 bits per heavy atom. The van der Waals surface area contributed by atoms with E-state index in [0.717, 1.165) is 22.4 Å². The Morgan fingerprint density at radius 1 is 1.50 bits per heavy atom. The zero-order chi connectivity index (χ0) is 17.1. The first-order valence-electron chi connectivity index (χ1n) is 7.64. The molecule has 7 heteroatoms. The van der Waals surface area contributed by atoms with Crippen molar-refractivity contribution in [3.05, 3.63) is 40.9 Å². The SMILES string of the molecule is CNC(=O)CCC(C=O)N1Cc2c(csc2-c2ccccn2)C1=O. The number of hydrogen-bond acceptors (Lipinski definition) is 5. The Labute approximate surface area is 143 Å². The predicted molar refractivity (Wildman–Crippen MR) is 90.6 cm³/mol. The van der Waals surface area contributed by atoms with Gasteiger partial charge in [-0.05, 0) is 18.6 Å². The van der Waals surface area contributed by atoms with Crippen molar-refractivity contribution in [3.8, 4) is 10.6 Å². The molecule has 3 rings (SSSR count). The number of hydrogen-bond donors (Lipinski definition) is 1. The first kappa shape index (κ1) is 16.3. The molecule has 24 heavy (non-hydrogen) atoms. The summed E-state index contributed by atoms with van der Waals surface area (Å²) in [5.41, 5.74) is 2.37. The first-order chi connectivity index (χ1) is 11.7. The maximum Gasteiger partial charge on any atom is 0.255 e. The van der Waals surface area contributed by atoms with Crippen LogP contribution >= 0.6 is 11.3 Å². The van der Waals surface area contributed by atoms with Gasteiger partial charge in [-0.15, -0.1) is 11.3 Å². The lowest BCUT2D eigenvalue weighted by atomic mass is 10.1. The van der Waals surface area contributed by atoms with Crippen molar-refractivity contribution in [2.45, 2.75) is 25.4 Å². The number of fused-ring (bicyclic) bond motifs is 1. The fourth-order valence-electron chi connectivity index (χ4n) is 2.80. The van der Waals surface area contributed by atoms with Crippen molar-refractivity contribution in [3.63, 3.8) is 0 Å². The van der Waals surface area contributed by atoms with E-state index in [1.54, 1.807) is 18.1 Å². The van der Waals surface area contributed by atoms with Gasteiger partial charge in [0.15, 0.2) is 0 Å². The molecule has 1 N–H and O–H groups in total. The summed E-state index contributed by atoms with van der Waals surface area (Å²) in [7, 11) is 1.55. The molecule has 1 aliphatic rings. The molecular weight excluding hydrogens is 326 g/mol. The number of carbonyl (C=O) groups excluding carboxylic acids is 3. The third-order valence-electron chi connectivity index (χ3n) is 4.11. The molecule has 1 atom stereocenters. The zero-order valence-electron chi connectivity index (χ0n) is 13.2. The maximum atomic E-state index is 12.6. The van der Waals surface area contributed by atoms with Crippen molar-refractivity contribution in [1.82, 2.24) is 15.2 Å². The normalized spacial score (nSPS) is 14.4. The molecule has 0 saturated heterocycles. The topological polar surface area (TPSA) is 79.4 Å². The highest BCUT2D eigenvalue weighted by molar-refractivity contribution is 7.14. The molecule has 0 bridgehead atoms. The summed E-state index contributed by atoms with van der Waals surface area (Å²) in [4.78, 5) is 42.3. The van der Waals surface area contributed by atoms with Gasteiger partial charge in [0.2, 0.25) is 5.91 Å². The molecule has 2 aromatic heterocycles. The quantitative estimate of drug-likeness (QED) is 0.812. The lowest BCUT2D eigenvalue weighted by molar-refractivity contribution is -0.121. The largest absolute Gasteiger partial charge is 0.359 e. The number of nitrogens with zero attached hydrogens (tertiary/aromatic N) is 2. The lowest BCUT2D eigenvalue weighted by Gasteiger charge is -2.23. The van der Waals surface area contributed by atoms with Crippen molar-refractivity contribution in [2.24, 2.45) is 0 Å². The van der Waals surface area contributed by atoms with E-state index in [2.05, 4.69) is 10.3 Å². The minimum atomic E-state index is -0.594. The van der Waals surface area contributed by atoms with E-state index < -0.39 is 6.04 Å². The van der Waals surface area contributed by atoms with E-state index in [4.69, 9.17) is 0 Å². The summed E-state index contributed by atoms with van der Waals surface area (Å²) < 4.78 is 0. The molecule has 1 unspecified atom stereocenters. The number of amides is 2. The summed E-state index contributed by atoms with van der Waals surface area (Å²) in [6.07, 6.45) is 3.00. The minimum Gasteiger partial charge on any atom is -0.359 e. The molecule has 0 fully saturated rings. The summed E-state index contributed by atoms with van der Waals surface area (Å²) in [6.45, 7) is 0.376. The van der Waals surface area contributed by atoms with Crippen molar-refractivity contribution in [2.75, 3.05) is 7.05 Å². The summed E-state index contributed by atoms with van der Waals surface area (Å²) in [6, 6.07) is 5.06. The number of nitrogens with one attached hydrogen (secondary N) is 1. The van der Waals surface area contributed by atoms with Gasteiger partial charge in [-0.25, -0.2) is 0 Å². The highest BCUT2D eigenvalue weighted by Gasteiger charge is 2.35. The number of pyridine rings is 1. The Kier molecular flexibility index (Phi) is 4.71. The molecule has 0 saturated carbocycles. The fourth-order valence-corrected chi connectivity index (χ4v) is 3.83. The summed E-state index contributed by atoms with van der Waals surface area (Å²) in [5.74, 6) is -0.297. The molecular formula is C17H17N3O3S. The van der Waals surface area contributed by atoms with Gasteiger partial charge < -0.3 is 15.0 Å². The third-order valence-corrected chi connectivity index (χ3v) is 5.16. The number of aromatic nitrogens is 1. The minimum absolute atomic E-state index is 0.142. The number of thiophene rings is 1. The molecule has 1 aliphatic heterocycles. The van der Waals surface area contributed by atoms with Crippen molar-refractivity contribution in [1.29, 1.82) is 0 Å². The number of rotatable bonds is 6. The van der Waals surface area contributed by atoms with E-state index >= 15 is 0 Å². The predicted octanol–water partition coefficient (Wildman–Crippen LogP) is 1.86. The molecule has 0 spiro atoms. The van der Waals surface area contributed by atoms with Gasteiger partial charge in [0.25, 0.3) is 5.91 Å². The van der Waals surface area contributed by atoms with Gasteiger partial charge in [0.05, 0.1) is 22.2 Å². The molecule has 2 aromatic rings. The van der Waals surface area contributed by atoms with Crippen LogP contribution in [0.1, 0.15) is 28.8 Å². The number of carbonyl (C=O) groups is 3. The van der Waals surface area contributed by atoms with Crippen LogP contribution in [0, 0.1) is 0 Å². The van der Waals surface area contributed by atoms with Crippen LogP contribution in [0.3, 0.4) is 0 Å². The van der Waals surface area contributed by atoms with Crippen LogP contribution in [0.2, 0.25) is 0 Å². The standard InChI is InChI=1S/C17H17N3O3S/c1-18-15(22)6-5-11(9-21)20-8-12-13(17(20)23)10-24-16(12)14-4-2-3-7-19-14/h2-4,7,9-11H,5-6,8H2,1H3,(H,18,22). The van der Waals surface area contributed by atoms with Gasteiger partial charge in [0.1, 0.15) is 6.29 Å².